The van der Waals surface area contributed by atoms with Gasteiger partial charge in [0.1, 0.15) is 12.1 Å². The zero-order chi connectivity index (χ0) is 27.8. The summed E-state index contributed by atoms with van der Waals surface area (Å²) in [6.45, 7) is 6.06. The summed E-state index contributed by atoms with van der Waals surface area (Å²) in [5.41, 5.74) is -1.08. The highest BCUT2D eigenvalue weighted by Crippen LogP contribution is 2.50. The molecular weight excluding hydrogens is 490 g/mol. The van der Waals surface area contributed by atoms with E-state index >= 15 is 0 Å². The Morgan fingerprint density at radius 3 is 2.14 bits per heavy atom. The van der Waals surface area contributed by atoms with Crippen molar-refractivity contribution < 1.29 is 37.9 Å². The van der Waals surface area contributed by atoms with Gasteiger partial charge in [0.2, 0.25) is 23.5 Å². The normalized spacial score (nSPS) is 22.5. The molecule has 3 fully saturated rings. The fourth-order valence-corrected chi connectivity index (χ4v) is 5.08. The molecule has 37 heavy (non-hydrogen) atoms. The molecule has 0 aromatic rings. The average Bonchev–Trinajstić information content (AvgIpc) is 3.45. The number of hydrogen-bond acceptors (Lipinski definition) is 5. The predicted octanol–water partition coefficient (Wildman–Crippen LogP) is 2.21. The monoisotopic (exact) mass is 528 g/mol. The second kappa shape index (κ2) is 10.5. The number of nitrogens with zero attached hydrogens (tertiary/aromatic N) is 1. The molecule has 1 spiro atoms. The Kier molecular flexibility index (Phi) is 8.19. The zero-order valence-corrected chi connectivity index (χ0v) is 21.9. The number of halogens is 2. The number of carbonyl (C=O) groups is 5. The minimum Gasteiger partial charge on any atom is -0.465 e. The van der Waals surface area contributed by atoms with E-state index in [1.807, 2.05) is 0 Å². The zero-order valence-electron chi connectivity index (χ0n) is 21.9. The summed E-state index contributed by atoms with van der Waals surface area (Å²) in [4.78, 5) is 65.0. The van der Waals surface area contributed by atoms with Crippen LogP contribution in [0.2, 0.25) is 0 Å². The third-order valence-corrected chi connectivity index (χ3v) is 7.53. The van der Waals surface area contributed by atoms with E-state index in [1.54, 1.807) is 20.8 Å². The first-order valence-corrected chi connectivity index (χ1v) is 12.8. The minimum atomic E-state index is -3.11. The quantitative estimate of drug-likeness (QED) is 0.320. The molecule has 0 radical (unpaired) electrons. The van der Waals surface area contributed by atoms with Crippen molar-refractivity contribution in [1.82, 2.24) is 20.9 Å². The van der Waals surface area contributed by atoms with Crippen molar-refractivity contribution in [3.8, 4) is 0 Å². The average molecular weight is 529 g/mol. The Balaban J connectivity index is 1.82. The molecule has 3 atom stereocenters. The molecule has 1 aliphatic heterocycles. The van der Waals surface area contributed by atoms with Gasteiger partial charge in [0.25, 0.3) is 5.91 Å². The van der Waals surface area contributed by atoms with Crippen LogP contribution >= 0.6 is 0 Å². The lowest BCUT2D eigenvalue weighted by Gasteiger charge is -2.39. The highest BCUT2D eigenvalue weighted by atomic mass is 19.3. The van der Waals surface area contributed by atoms with Crippen molar-refractivity contribution in [2.75, 3.05) is 6.54 Å². The van der Waals surface area contributed by atoms with E-state index in [4.69, 9.17) is 0 Å². The number of carbonyl (C=O) groups excluding carboxylic acids is 4. The van der Waals surface area contributed by atoms with Gasteiger partial charge in [-0.1, -0.05) is 27.2 Å². The van der Waals surface area contributed by atoms with Crippen LogP contribution in [0.15, 0.2) is 0 Å². The van der Waals surface area contributed by atoms with Crippen LogP contribution in [0, 0.1) is 10.8 Å². The van der Waals surface area contributed by atoms with E-state index in [0.29, 0.717) is 13.3 Å². The molecule has 208 valence electrons. The fourth-order valence-electron chi connectivity index (χ4n) is 5.08. The molecule has 4 amide bonds. The van der Waals surface area contributed by atoms with E-state index in [9.17, 15) is 37.9 Å². The van der Waals surface area contributed by atoms with Gasteiger partial charge < -0.3 is 26.0 Å². The van der Waals surface area contributed by atoms with Gasteiger partial charge in [0, 0.05) is 19.0 Å². The summed E-state index contributed by atoms with van der Waals surface area (Å²) in [5, 5.41) is 16.6. The highest BCUT2D eigenvalue weighted by molar-refractivity contribution is 6.38. The van der Waals surface area contributed by atoms with Crippen LogP contribution < -0.4 is 16.0 Å². The number of alkyl halides is 2. The van der Waals surface area contributed by atoms with Gasteiger partial charge in [0.05, 0.1) is 6.04 Å². The summed E-state index contributed by atoms with van der Waals surface area (Å²) >= 11 is 0. The number of Topliss-reactive ketones (excluding diaryl/α,β-unsaturated/α-hetero) is 1. The Hall–Kier alpha value is -2.79. The van der Waals surface area contributed by atoms with Gasteiger partial charge in [0.15, 0.2) is 0 Å². The van der Waals surface area contributed by atoms with Crippen molar-refractivity contribution in [3.63, 3.8) is 0 Å². The molecule has 3 rings (SSSR count). The molecule has 1 heterocycles. The largest absolute Gasteiger partial charge is 0.465 e. The maximum Gasteiger partial charge on any atom is 0.405 e. The van der Waals surface area contributed by atoms with Crippen LogP contribution in [0.4, 0.5) is 13.6 Å². The van der Waals surface area contributed by atoms with Crippen LogP contribution in [-0.2, 0) is 19.2 Å². The van der Waals surface area contributed by atoms with E-state index in [1.165, 1.54) is 4.90 Å². The molecule has 2 saturated carbocycles. The van der Waals surface area contributed by atoms with E-state index in [2.05, 4.69) is 16.0 Å². The van der Waals surface area contributed by atoms with Crippen LogP contribution in [-0.4, -0.2) is 76.2 Å². The Morgan fingerprint density at radius 1 is 1.05 bits per heavy atom. The molecule has 3 unspecified atom stereocenters. The molecule has 4 N–H and O–H groups in total. The van der Waals surface area contributed by atoms with Crippen molar-refractivity contribution >= 4 is 29.6 Å². The van der Waals surface area contributed by atoms with Gasteiger partial charge in [-0.2, -0.15) is 0 Å². The van der Waals surface area contributed by atoms with Crippen molar-refractivity contribution in [1.29, 1.82) is 0 Å². The predicted molar refractivity (Wildman–Crippen MR) is 129 cm³/mol. The summed E-state index contributed by atoms with van der Waals surface area (Å²) in [7, 11) is 0. The van der Waals surface area contributed by atoms with Gasteiger partial charge in [-0.15, -0.1) is 0 Å². The molecular formula is C25H38F2N4O6. The lowest BCUT2D eigenvalue weighted by atomic mass is 9.67. The van der Waals surface area contributed by atoms with E-state index in [-0.39, 0.29) is 18.0 Å². The molecule has 12 heteroatoms. The molecule has 2 aliphatic carbocycles. The van der Waals surface area contributed by atoms with E-state index in [0.717, 1.165) is 32.1 Å². The maximum atomic E-state index is 13.6. The molecule has 1 saturated heterocycles. The number of rotatable bonds is 10. The van der Waals surface area contributed by atoms with Crippen LogP contribution in [0.1, 0.15) is 79.1 Å². The number of amides is 4. The van der Waals surface area contributed by atoms with Crippen molar-refractivity contribution in [2.45, 2.75) is 109 Å². The minimum absolute atomic E-state index is 0.127. The molecule has 0 aromatic heterocycles. The summed E-state index contributed by atoms with van der Waals surface area (Å²) in [6, 6.07) is -3.74. The third-order valence-electron chi connectivity index (χ3n) is 7.53. The van der Waals surface area contributed by atoms with E-state index < -0.39 is 71.9 Å². The van der Waals surface area contributed by atoms with Gasteiger partial charge >= 0.3 is 6.09 Å². The first-order chi connectivity index (χ1) is 17.0. The van der Waals surface area contributed by atoms with Crippen LogP contribution in [0.3, 0.4) is 0 Å². The Morgan fingerprint density at radius 2 is 1.68 bits per heavy atom. The topological polar surface area (TPSA) is 145 Å². The summed E-state index contributed by atoms with van der Waals surface area (Å²) in [5.74, 6) is -6.31. The highest BCUT2D eigenvalue weighted by Gasteiger charge is 2.53. The third kappa shape index (κ3) is 7.38. The maximum absolute atomic E-state index is 13.6. The molecule has 0 bridgehead atoms. The number of carboxylic acid groups (broad SMARTS) is 1. The fraction of sp³-hybridized carbons (Fsp3) is 0.800. The second-order valence-electron chi connectivity index (χ2n) is 12.1. The van der Waals surface area contributed by atoms with Gasteiger partial charge in [-0.05, 0) is 56.3 Å². The Bertz CT molecular complexity index is 936. The summed E-state index contributed by atoms with van der Waals surface area (Å²) in [6.07, 6.45) is 1.75. The van der Waals surface area contributed by atoms with Crippen LogP contribution in [0.5, 0.6) is 0 Å². The molecule has 0 aromatic carbocycles. The standard InChI is InChI=1S/C25H38F2N4O6/c1-23(2,3)18(30-22(36)37)21(35)31-13-25(9-5-10-25)12-16(31)19(33)29-15(8-11-24(4,26)27)17(32)20(34)28-14-6-7-14/h14-16,18,30H,5-13H2,1-4H3,(H,28,34)(H,29,33)(H,36,37). The lowest BCUT2D eigenvalue weighted by molar-refractivity contribution is -0.144. The Labute approximate surface area is 215 Å². The lowest BCUT2D eigenvalue weighted by Crippen LogP contribution is -2.59. The second-order valence-corrected chi connectivity index (χ2v) is 12.1. The molecule has 10 nitrogen and oxygen atoms in total. The number of likely N-dealkylation sites (tertiary alicyclic amines) is 1. The molecule has 3 aliphatic rings. The number of ketones is 1. The SMILES string of the molecule is CC(F)(F)CCC(NC(=O)C1CC2(CCC2)CN1C(=O)C(NC(=O)O)C(C)(C)C)C(=O)C(=O)NC1CC1. The number of hydrogen-bond donors (Lipinski definition) is 4. The summed E-state index contributed by atoms with van der Waals surface area (Å²) < 4.78 is 27.2. The van der Waals surface area contributed by atoms with Crippen LogP contribution in [0.25, 0.3) is 0 Å². The first-order valence-electron chi connectivity index (χ1n) is 12.8. The number of nitrogens with one attached hydrogen (secondary N) is 3. The smallest absolute Gasteiger partial charge is 0.405 e. The van der Waals surface area contributed by atoms with Gasteiger partial charge in [-0.3, -0.25) is 19.2 Å². The van der Waals surface area contributed by atoms with Crippen molar-refractivity contribution in [2.24, 2.45) is 10.8 Å². The first kappa shape index (κ1) is 28.8. The van der Waals surface area contributed by atoms with Crippen molar-refractivity contribution in [3.05, 3.63) is 0 Å². The van der Waals surface area contributed by atoms with Gasteiger partial charge in [-0.25, -0.2) is 13.6 Å².